The van der Waals surface area contributed by atoms with Gasteiger partial charge in [0.2, 0.25) is 0 Å². The summed E-state index contributed by atoms with van der Waals surface area (Å²) in [6, 6.07) is 9.49. The summed E-state index contributed by atoms with van der Waals surface area (Å²) in [5.41, 5.74) is 0.610. The summed E-state index contributed by atoms with van der Waals surface area (Å²) in [5.74, 6) is 0.473. The summed E-state index contributed by atoms with van der Waals surface area (Å²) in [4.78, 5) is 12.1. The first-order valence-corrected chi connectivity index (χ1v) is 7.00. The van der Waals surface area contributed by atoms with E-state index in [9.17, 15) is 9.90 Å². The number of furan rings is 1. The maximum Gasteiger partial charge on any atom is 0.328 e. The standard InChI is InChI=1S/C16H18N2O3/c1-11(2)18-8-7-17(16(18)20)10-13(19)15-9-12-5-3-4-6-14(12)21-15/h3-9,11,13,19H,10H2,1-2H3. The quantitative estimate of drug-likeness (QED) is 0.802. The smallest absolute Gasteiger partial charge is 0.328 e. The van der Waals surface area contributed by atoms with Gasteiger partial charge in [0.15, 0.2) is 0 Å². The van der Waals surface area contributed by atoms with Gasteiger partial charge >= 0.3 is 5.69 Å². The molecule has 0 aliphatic rings. The number of imidazole rings is 1. The van der Waals surface area contributed by atoms with E-state index in [1.165, 1.54) is 4.57 Å². The molecule has 110 valence electrons. The Hall–Kier alpha value is -2.27. The molecule has 0 radical (unpaired) electrons. The van der Waals surface area contributed by atoms with E-state index >= 15 is 0 Å². The normalized spacial score (nSPS) is 13.1. The highest BCUT2D eigenvalue weighted by atomic mass is 16.4. The molecule has 1 aromatic carbocycles. The molecular formula is C16H18N2O3. The molecule has 21 heavy (non-hydrogen) atoms. The van der Waals surface area contributed by atoms with E-state index < -0.39 is 6.10 Å². The Morgan fingerprint density at radius 2 is 2.00 bits per heavy atom. The lowest BCUT2D eigenvalue weighted by atomic mass is 10.2. The van der Waals surface area contributed by atoms with Crippen LogP contribution in [0.1, 0.15) is 31.8 Å². The molecule has 0 aliphatic carbocycles. The minimum absolute atomic E-state index is 0.0992. The monoisotopic (exact) mass is 286 g/mol. The third-order valence-corrected chi connectivity index (χ3v) is 3.57. The minimum Gasteiger partial charge on any atom is -0.458 e. The second kappa shape index (κ2) is 5.26. The van der Waals surface area contributed by atoms with E-state index in [1.54, 1.807) is 17.0 Å². The van der Waals surface area contributed by atoms with Crippen LogP contribution in [-0.2, 0) is 6.54 Å². The second-order valence-corrected chi connectivity index (χ2v) is 5.44. The lowest BCUT2D eigenvalue weighted by Crippen LogP contribution is -2.27. The Bertz CT molecular complexity index is 777. The molecule has 3 aromatic rings. The number of hydrogen-bond donors (Lipinski definition) is 1. The van der Waals surface area contributed by atoms with E-state index in [0.29, 0.717) is 5.76 Å². The lowest BCUT2D eigenvalue weighted by molar-refractivity contribution is 0.131. The van der Waals surface area contributed by atoms with Crippen molar-refractivity contribution in [3.05, 3.63) is 59.0 Å². The molecule has 2 heterocycles. The molecule has 0 amide bonds. The third-order valence-electron chi connectivity index (χ3n) is 3.57. The molecule has 0 saturated carbocycles. The topological polar surface area (TPSA) is 60.3 Å². The molecule has 1 N–H and O–H groups in total. The Labute approximate surface area is 122 Å². The highest BCUT2D eigenvalue weighted by molar-refractivity contribution is 5.77. The van der Waals surface area contributed by atoms with Gasteiger partial charge < -0.3 is 9.52 Å². The Balaban J connectivity index is 1.86. The summed E-state index contributed by atoms with van der Waals surface area (Å²) in [6.45, 7) is 4.07. The van der Waals surface area contributed by atoms with Crippen LogP contribution in [-0.4, -0.2) is 14.2 Å². The van der Waals surface area contributed by atoms with E-state index in [2.05, 4.69) is 0 Å². The number of aromatic nitrogens is 2. The summed E-state index contributed by atoms with van der Waals surface area (Å²) in [5, 5.41) is 11.2. The predicted octanol–water partition coefficient (Wildman–Crippen LogP) is 2.71. The number of para-hydroxylation sites is 1. The average Bonchev–Trinajstić information content (AvgIpc) is 3.03. The van der Waals surface area contributed by atoms with Gasteiger partial charge in [0.25, 0.3) is 0 Å². The first-order valence-electron chi connectivity index (χ1n) is 7.00. The Morgan fingerprint density at radius 1 is 1.24 bits per heavy atom. The largest absolute Gasteiger partial charge is 0.458 e. The molecule has 0 bridgehead atoms. The van der Waals surface area contributed by atoms with Crippen LogP contribution >= 0.6 is 0 Å². The van der Waals surface area contributed by atoms with Crippen LogP contribution in [0.2, 0.25) is 0 Å². The van der Waals surface area contributed by atoms with Gasteiger partial charge in [-0.3, -0.25) is 9.13 Å². The zero-order valence-corrected chi connectivity index (χ0v) is 12.1. The van der Waals surface area contributed by atoms with Crippen LogP contribution in [0.15, 0.2) is 51.9 Å². The maximum absolute atomic E-state index is 12.1. The number of aliphatic hydroxyl groups is 1. The van der Waals surface area contributed by atoms with Gasteiger partial charge in [-0.15, -0.1) is 0 Å². The molecule has 2 aromatic heterocycles. The van der Waals surface area contributed by atoms with Crippen molar-refractivity contribution in [2.75, 3.05) is 0 Å². The first-order chi connectivity index (χ1) is 10.1. The average molecular weight is 286 g/mol. The minimum atomic E-state index is -0.849. The fourth-order valence-corrected chi connectivity index (χ4v) is 2.40. The van der Waals surface area contributed by atoms with Gasteiger partial charge in [0.1, 0.15) is 17.4 Å². The van der Waals surface area contributed by atoms with E-state index in [0.717, 1.165) is 11.0 Å². The molecule has 1 unspecified atom stereocenters. The van der Waals surface area contributed by atoms with Crippen molar-refractivity contribution in [3.63, 3.8) is 0 Å². The molecule has 1 atom stereocenters. The van der Waals surface area contributed by atoms with Crippen molar-refractivity contribution in [1.29, 1.82) is 0 Å². The maximum atomic E-state index is 12.1. The number of fused-ring (bicyclic) bond motifs is 1. The molecule has 0 fully saturated rings. The SMILES string of the molecule is CC(C)n1ccn(CC(O)c2cc3ccccc3o2)c1=O. The number of nitrogens with zero attached hydrogens (tertiary/aromatic N) is 2. The molecule has 0 saturated heterocycles. The number of rotatable bonds is 4. The van der Waals surface area contributed by atoms with Crippen LogP contribution in [0.3, 0.4) is 0 Å². The molecule has 5 nitrogen and oxygen atoms in total. The van der Waals surface area contributed by atoms with Crippen molar-refractivity contribution in [1.82, 2.24) is 9.13 Å². The molecular weight excluding hydrogens is 268 g/mol. The van der Waals surface area contributed by atoms with Gasteiger partial charge in [-0.1, -0.05) is 18.2 Å². The van der Waals surface area contributed by atoms with Crippen LogP contribution in [0.4, 0.5) is 0 Å². The molecule has 0 spiro atoms. The molecule has 3 rings (SSSR count). The third kappa shape index (κ3) is 2.52. The van der Waals surface area contributed by atoms with Crippen molar-refractivity contribution in [2.24, 2.45) is 0 Å². The van der Waals surface area contributed by atoms with Crippen LogP contribution in [0.5, 0.6) is 0 Å². The summed E-state index contributed by atoms with van der Waals surface area (Å²) in [6.07, 6.45) is 2.57. The fourth-order valence-electron chi connectivity index (χ4n) is 2.40. The summed E-state index contributed by atoms with van der Waals surface area (Å²) < 4.78 is 8.75. The van der Waals surface area contributed by atoms with Gasteiger partial charge in [0.05, 0.1) is 6.54 Å². The predicted molar refractivity (Wildman–Crippen MR) is 80.3 cm³/mol. The summed E-state index contributed by atoms with van der Waals surface area (Å²) >= 11 is 0. The van der Waals surface area contributed by atoms with Crippen molar-refractivity contribution in [2.45, 2.75) is 32.5 Å². The van der Waals surface area contributed by atoms with Gasteiger partial charge in [0, 0.05) is 23.8 Å². The van der Waals surface area contributed by atoms with Crippen molar-refractivity contribution < 1.29 is 9.52 Å². The van der Waals surface area contributed by atoms with Gasteiger partial charge in [-0.2, -0.15) is 0 Å². The Morgan fingerprint density at radius 3 is 2.67 bits per heavy atom. The lowest BCUT2D eigenvalue weighted by Gasteiger charge is -2.08. The highest BCUT2D eigenvalue weighted by Crippen LogP contribution is 2.24. The van der Waals surface area contributed by atoms with Crippen molar-refractivity contribution in [3.8, 4) is 0 Å². The van der Waals surface area contributed by atoms with E-state index in [1.807, 2.05) is 44.2 Å². The van der Waals surface area contributed by atoms with Gasteiger partial charge in [-0.05, 0) is 26.0 Å². The number of benzene rings is 1. The highest BCUT2D eigenvalue weighted by Gasteiger charge is 2.16. The summed E-state index contributed by atoms with van der Waals surface area (Å²) in [7, 11) is 0. The van der Waals surface area contributed by atoms with Crippen molar-refractivity contribution >= 4 is 11.0 Å². The second-order valence-electron chi connectivity index (χ2n) is 5.44. The van der Waals surface area contributed by atoms with Crippen LogP contribution < -0.4 is 5.69 Å². The zero-order valence-electron chi connectivity index (χ0n) is 12.1. The first kappa shape index (κ1) is 13.7. The number of aliphatic hydroxyl groups excluding tert-OH is 1. The number of hydrogen-bond acceptors (Lipinski definition) is 3. The van der Waals surface area contributed by atoms with Crippen LogP contribution in [0.25, 0.3) is 11.0 Å². The molecule has 5 heteroatoms. The molecule has 0 aliphatic heterocycles. The van der Waals surface area contributed by atoms with E-state index in [4.69, 9.17) is 4.42 Å². The zero-order chi connectivity index (χ0) is 15.0. The van der Waals surface area contributed by atoms with E-state index in [-0.39, 0.29) is 18.3 Å². The Kier molecular flexibility index (Phi) is 3.43. The fraction of sp³-hybridized carbons (Fsp3) is 0.312. The van der Waals surface area contributed by atoms with Crippen LogP contribution in [0, 0.1) is 0 Å². The van der Waals surface area contributed by atoms with Gasteiger partial charge in [-0.25, -0.2) is 4.79 Å².